The number of nitrogens with zero attached hydrogens (tertiary/aromatic N) is 3. The van der Waals surface area contributed by atoms with Crippen molar-refractivity contribution in [3.63, 3.8) is 0 Å². The predicted molar refractivity (Wildman–Crippen MR) is 131 cm³/mol. The molecule has 2 aromatic carbocycles. The number of rotatable bonds is 7. The lowest BCUT2D eigenvalue weighted by Crippen LogP contribution is -2.24. The van der Waals surface area contributed by atoms with E-state index >= 15 is 0 Å². The second-order valence-electron chi connectivity index (χ2n) is 8.00. The topological polar surface area (TPSA) is 89.8 Å². The third-order valence-electron chi connectivity index (χ3n) is 6.07. The van der Waals surface area contributed by atoms with Gasteiger partial charge in [0.15, 0.2) is 0 Å². The molecule has 2 heterocycles. The Morgan fingerprint density at radius 1 is 0.879 bits per heavy atom. The lowest BCUT2D eigenvalue weighted by molar-refractivity contribution is 0.262. The van der Waals surface area contributed by atoms with Gasteiger partial charge in [0.25, 0.3) is 0 Å². The van der Waals surface area contributed by atoms with Crippen LogP contribution in [0.5, 0.6) is 11.5 Å². The van der Waals surface area contributed by atoms with Crippen molar-refractivity contribution >= 4 is 34.1 Å². The number of anilines is 3. The zero-order valence-electron chi connectivity index (χ0n) is 19.6. The van der Waals surface area contributed by atoms with Crippen molar-refractivity contribution < 1.29 is 14.3 Å². The molecule has 0 aliphatic carbocycles. The fourth-order valence-corrected chi connectivity index (χ4v) is 4.45. The molecule has 9 heteroatoms. The maximum atomic E-state index is 13.0. The van der Waals surface area contributed by atoms with Crippen LogP contribution in [0.15, 0.2) is 35.1 Å². The van der Waals surface area contributed by atoms with Crippen LogP contribution in [0.3, 0.4) is 0 Å². The Balaban J connectivity index is 1.72. The molecule has 2 amide bonds. The summed E-state index contributed by atoms with van der Waals surface area (Å²) in [5, 5.41) is 5.86. The fourth-order valence-electron chi connectivity index (χ4n) is 4.45. The maximum absolute atomic E-state index is 13.0. The Morgan fingerprint density at radius 3 is 2.00 bits per heavy atom. The molecule has 33 heavy (non-hydrogen) atoms. The average molecular weight is 454 g/mol. The van der Waals surface area contributed by atoms with Crippen LogP contribution >= 0.6 is 0 Å². The number of hydrogen-bond acceptors (Lipinski definition) is 5. The first-order chi connectivity index (χ1) is 16.0. The summed E-state index contributed by atoms with van der Waals surface area (Å²) < 4.78 is 14.1. The first-order valence-corrected chi connectivity index (χ1v) is 11.3. The molecule has 2 N–H and O–H groups in total. The monoisotopic (exact) mass is 453 g/mol. The first kappa shape index (κ1) is 22.6. The van der Waals surface area contributed by atoms with E-state index in [1.807, 2.05) is 26.0 Å². The summed E-state index contributed by atoms with van der Waals surface area (Å²) in [7, 11) is 3.12. The second kappa shape index (κ2) is 9.48. The molecular weight excluding hydrogens is 422 g/mol. The van der Waals surface area contributed by atoms with E-state index < -0.39 is 0 Å². The third-order valence-corrected chi connectivity index (χ3v) is 6.07. The lowest BCUT2D eigenvalue weighted by Gasteiger charge is -2.22. The summed E-state index contributed by atoms with van der Waals surface area (Å²) in [5.41, 5.74) is 3.81. The van der Waals surface area contributed by atoms with Gasteiger partial charge in [-0.05, 0) is 38.8 Å². The van der Waals surface area contributed by atoms with Gasteiger partial charge >= 0.3 is 11.7 Å². The number of amides is 2. The Hall–Kier alpha value is -3.62. The van der Waals surface area contributed by atoms with Crippen molar-refractivity contribution in [1.82, 2.24) is 9.13 Å². The first-order valence-electron chi connectivity index (χ1n) is 11.3. The van der Waals surface area contributed by atoms with E-state index in [0.717, 1.165) is 42.7 Å². The Morgan fingerprint density at radius 2 is 1.45 bits per heavy atom. The number of methoxy groups -OCH3 is 2. The van der Waals surface area contributed by atoms with E-state index in [1.165, 1.54) is 0 Å². The van der Waals surface area contributed by atoms with E-state index in [0.29, 0.717) is 36.0 Å². The van der Waals surface area contributed by atoms with Crippen molar-refractivity contribution in [3.05, 3.63) is 40.8 Å². The van der Waals surface area contributed by atoms with E-state index in [9.17, 15) is 9.59 Å². The molecule has 1 aromatic heterocycles. The molecule has 4 rings (SSSR count). The number of benzene rings is 2. The fraction of sp³-hybridized carbons (Fsp3) is 0.417. The number of ether oxygens (including phenoxy) is 2. The van der Waals surface area contributed by atoms with Crippen LogP contribution in [-0.4, -0.2) is 42.5 Å². The minimum atomic E-state index is -0.384. The summed E-state index contributed by atoms with van der Waals surface area (Å²) >= 11 is 0. The lowest BCUT2D eigenvalue weighted by atomic mass is 10.2. The highest BCUT2D eigenvalue weighted by Gasteiger charge is 2.21. The van der Waals surface area contributed by atoms with E-state index in [1.54, 1.807) is 41.6 Å². The molecule has 0 spiro atoms. The quantitative estimate of drug-likeness (QED) is 0.562. The molecule has 1 aliphatic heterocycles. The summed E-state index contributed by atoms with van der Waals surface area (Å²) in [6.07, 6.45) is 2.20. The van der Waals surface area contributed by atoms with E-state index in [-0.39, 0.29) is 11.7 Å². The van der Waals surface area contributed by atoms with Gasteiger partial charge in [-0.1, -0.05) is 0 Å². The van der Waals surface area contributed by atoms with Crippen LogP contribution < -0.4 is 30.7 Å². The minimum absolute atomic E-state index is 0.0348. The molecule has 0 radical (unpaired) electrons. The van der Waals surface area contributed by atoms with Gasteiger partial charge < -0.3 is 25.0 Å². The highest BCUT2D eigenvalue weighted by atomic mass is 16.5. The molecule has 1 saturated heterocycles. The third kappa shape index (κ3) is 4.35. The van der Waals surface area contributed by atoms with Crippen LogP contribution in [0.2, 0.25) is 0 Å². The maximum Gasteiger partial charge on any atom is 0.329 e. The van der Waals surface area contributed by atoms with Crippen LogP contribution in [-0.2, 0) is 13.1 Å². The zero-order chi connectivity index (χ0) is 23.5. The van der Waals surface area contributed by atoms with Crippen molar-refractivity contribution in [1.29, 1.82) is 0 Å². The average Bonchev–Trinajstić information content (AvgIpc) is 3.43. The molecule has 176 valence electrons. The molecule has 9 nitrogen and oxygen atoms in total. The standard InChI is InChI=1S/C24H31N5O4/c1-5-28-21-14-19(26-23(30)25-16-11-17(32-3)13-18(12-16)33-4)20(27-9-7-8-10-27)15-22(21)29(6-2)24(28)31/h11-15H,5-10H2,1-4H3,(H2,25,26,30). The summed E-state index contributed by atoms with van der Waals surface area (Å²) in [4.78, 5) is 28.1. The molecule has 0 atom stereocenters. The van der Waals surface area contributed by atoms with Crippen molar-refractivity contribution in [2.45, 2.75) is 39.8 Å². The predicted octanol–water partition coefficient (Wildman–Crippen LogP) is 4.10. The zero-order valence-corrected chi connectivity index (χ0v) is 19.6. The van der Waals surface area contributed by atoms with Gasteiger partial charge in [-0.25, -0.2) is 9.59 Å². The number of imidazole rings is 1. The van der Waals surface area contributed by atoms with Crippen LogP contribution in [0.1, 0.15) is 26.7 Å². The Bertz CT molecular complexity index is 1200. The van der Waals surface area contributed by atoms with Gasteiger partial charge in [0.1, 0.15) is 11.5 Å². The molecule has 1 aliphatic rings. The van der Waals surface area contributed by atoms with Crippen molar-refractivity contribution in [2.24, 2.45) is 0 Å². The number of nitrogens with one attached hydrogen (secondary N) is 2. The number of urea groups is 1. The van der Waals surface area contributed by atoms with Crippen molar-refractivity contribution in [2.75, 3.05) is 42.8 Å². The Kier molecular flexibility index (Phi) is 6.48. The molecule has 0 saturated carbocycles. The highest BCUT2D eigenvalue weighted by molar-refractivity contribution is 6.04. The highest BCUT2D eigenvalue weighted by Crippen LogP contribution is 2.34. The van der Waals surface area contributed by atoms with Crippen LogP contribution in [0.4, 0.5) is 21.9 Å². The van der Waals surface area contributed by atoms with Gasteiger partial charge in [0, 0.05) is 50.1 Å². The number of fused-ring (bicyclic) bond motifs is 1. The number of aryl methyl sites for hydroxylation is 2. The summed E-state index contributed by atoms with van der Waals surface area (Å²) in [5.74, 6) is 1.16. The number of hydrogen-bond donors (Lipinski definition) is 2. The summed E-state index contributed by atoms with van der Waals surface area (Å²) in [6, 6.07) is 8.75. The molecule has 3 aromatic rings. The second-order valence-corrected chi connectivity index (χ2v) is 8.00. The van der Waals surface area contributed by atoms with E-state index in [2.05, 4.69) is 15.5 Å². The van der Waals surface area contributed by atoms with Crippen LogP contribution in [0.25, 0.3) is 11.0 Å². The van der Waals surface area contributed by atoms with Crippen molar-refractivity contribution in [3.8, 4) is 11.5 Å². The van der Waals surface area contributed by atoms with Gasteiger partial charge in [0.2, 0.25) is 0 Å². The van der Waals surface area contributed by atoms with E-state index in [4.69, 9.17) is 9.47 Å². The smallest absolute Gasteiger partial charge is 0.329 e. The van der Waals surface area contributed by atoms with Gasteiger partial charge in [0.05, 0.1) is 36.6 Å². The van der Waals surface area contributed by atoms with Gasteiger partial charge in [-0.15, -0.1) is 0 Å². The van der Waals surface area contributed by atoms with Crippen LogP contribution in [0, 0.1) is 0 Å². The molecule has 0 bridgehead atoms. The number of aromatic nitrogens is 2. The number of carbonyl (C=O) groups is 1. The largest absolute Gasteiger partial charge is 0.497 e. The number of carbonyl (C=O) groups excluding carboxylic acids is 1. The normalized spacial score (nSPS) is 13.4. The van der Waals surface area contributed by atoms with Gasteiger partial charge in [-0.2, -0.15) is 0 Å². The SMILES string of the molecule is CCn1c(=O)n(CC)c2cc(N3CCCC3)c(NC(=O)Nc3cc(OC)cc(OC)c3)cc21. The summed E-state index contributed by atoms with van der Waals surface area (Å²) in [6.45, 7) is 6.90. The minimum Gasteiger partial charge on any atom is -0.497 e. The Labute approximate surface area is 192 Å². The molecule has 0 unspecified atom stereocenters. The molecule has 1 fully saturated rings. The molecular formula is C24H31N5O4. The van der Waals surface area contributed by atoms with Gasteiger partial charge in [-0.3, -0.25) is 9.13 Å².